The van der Waals surface area contributed by atoms with Gasteiger partial charge in [0.2, 0.25) is 0 Å². The predicted molar refractivity (Wildman–Crippen MR) is 70.4 cm³/mol. The molecule has 0 saturated heterocycles. The van der Waals surface area contributed by atoms with Gasteiger partial charge in [0, 0.05) is 0 Å². The van der Waals surface area contributed by atoms with Crippen LogP contribution in [0, 0.1) is 0 Å². The SMILES string of the molecule is C=C/C(=C\Br)CO[Si](C)(C)C(C)(C)C. The second-order valence-electron chi connectivity index (χ2n) is 4.94. The lowest BCUT2D eigenvalue weighted by Gasteiger charge is -2.36. The zero-order valence-electron chi connectivity index (χ0n) is 9.86. The van der Waals surface area contributed by atoms with Crippen molar-refractivity contribution in [3.63, 3.8) is 0 Å². The summed E-state index contributed by atoms with van der Waals surface area (Å²) in [5.74, 6) is 0. The van der Waals surface area contributed by atoms with E-state index < -0.39 is 8.32 Å². The van der Waals surface area contributed by atoms with Crippen LogP contribution in [0.15, 0.2) is 23.2 Å². The molecule has 14 heavy (non-hydrogen) atoms. The minimum absolute atomic E-state index is 0.269. The predicted octanol–water partition coefficient (Wildman–Crippen LogP) is 4.47. The Hall–Kier alpha value is 0.137. The van der Waals surface area contributed by atoms with E-state index in [2.05, 4.69) is 56.4 Å². The fourth-order valence-corrected chi connectivity index (χ4v) is 1.89. The van der Waals surface area contributed by atoms with Gasteiger partial charge in [-0.25, -0.2) is 0 Å². The van der Waals surface area contributed by atoms with Crippen LogP contribution in [0.1, 0.15) is 20.8 Å². The first-order chi connectivity index (χ1) is 6.24. The molecule has 0 radical (unpaired) electrons. The smallest absolute Gasteiger partial charge is 0.192 e. The van der Waals surface area contributed by atoms with Gasteiger partial charge in [-0.15, -0.1) is 0 Å². The van der Waals surface area contributed by atoms with Crippen LogP contribution in [-0.4, -0.2) is 14.9 Å². The third kappa shape index (κ3) is 4.11. The molecule has 0 aliphatic rings. The topological polar surface area (TPSA) is 9.23 Å². The van der Waals surface area contributed by atoms with Gasteiger partial charge in [0.15, 0.2) is 8.32 Å². The van der Waals surface area contributed by atoms with E-state index in [-0.39, 0.29) is 5.04 Å². The molecule has 0 spiro atoms. The van der Waals surface area contributed by atoms with E-state index in [1.165, 1.54) is 0 Å². The van der Waals surface area contributed by atoms with E-state index >= 15 is 0 Å². The Morgan fingerprint density at radius 2 is 1.93 bits per heavy atom. The van der Waals surface area contributed by atoms with E-state index in [9.17, 15) is 0 Å². The van der Waals surface area contributed by atoms with E-state index in [1.54, 1.807) is 0 Å². The number of rotatable bonds is 4. The normalized spacial score (nSPS) is 14.3. The summed E-state index contributed by atoms with van der Waals surface area (Å²) in [5.41, 5.74) is 1.09. The molecule has 0 saturated carbocycles. The summed E-state index contributed by atoms with van der Waals surface area (Å²) in [7, 11) is -1.61. The Morgan fingerprint density at radius 1 is 1.43 bits per heavy atom. The molecule has 0 rings (SSSR count). The quantitative estimate of drug-likeness (QED) is 0.544. The summed E-state index contributed by atoms with van der Waals surface area (Å²) < 4.78 is 6.01. The highest BCUT2D eigenvalue weighted by Crippen LogP contribution is 2.36. The molecule has 0 N–H and O–H groups in total. The maximum atomic E-state index is 6.01. The lowest BCUT2D eigenvalue weighted by molar-refractivity contribution is 0.322. The largest absolute Gasteiger partial charge is 0.413 e. The molecule has 0 bridgehead atoms. The Labute approximate surface area is 97.5 Å². The van der Waals surface area contributed by atoms with Gasteiger partial charge in [0.1, 0.15) is 0 Å². The lowest BCUT2D eigenvalue weighted by atomic mass is 10.2. The molecule has 0 amide bonds. The van der Waals surface area contributed by atoms with Crippen molar-refractivity contribution >= 4 is 24.2 Å². The van der Waals surface area contributed by atoms with Crippen LogP contribution in [0.5, 0.6) is 0 Å². The van der Waals surface area contributed by atoms with Crippen LogP contribution >= 0.6 is 15.9 Å². The van der Waals surface area contributed by atoms with Gasteiger partial charge in [-0.2, -0.15) is 0 Å². The standard InChI is InChI=1S/C11H21BrOSi/c1-7-10(8-12)9-13-14(5,6)11(2,3)4/h7-8H,1,9H2,2-6H3/b10-8+. The van der Waals surface area contributed by atoms with Gasteiger partial charge in [-0.05, 0) is 28.7 Å². The Morgan fingerprint density at radius 3 is 2.21 bits per heavy atom. The second-order valence-corrected chi connectivity index (χ2v) is 10.2. The van der Waals surface area contributed by atoms with Crippen molar-refractivity contribution in [2.45, 2.75) is 38.9 Å². The van der Waals surface area contributed by atoms with Gasteiger partial charge < -0.3 is 4.43 Å². The monoisotopic (exact) mass is 276 g/mol. The Bertz CT molecular complexity index is 226. The zero-order chi connectivity index (χ0) is 11.4. The van der Waals surface area contributed by atoms with Crippen LogP contribution in [0.4, 0.5) is 0 Å². The van der Waals surface area contributed by atoms with Gasteiger partial charge in [-0.1, -0.05) is 49.4 Å². The number of hydrogen-bond donors (Lipinski definition) is 0. The molecule has 0 atom stereocenters. The summed E-state index contributed by atoms with van der Waals surface area (Å²) in [4.78, 5) is 1.87. The van der Waals surface area contributed by atoms with Crippen molar-refractivity contribution < 1.29 is 4.43 Å². The molecule has 0 aromatic rings. The highest BCUT2D eigenvalue weighted by Gasteiger charge is 2.36. The Kier molecular flexibility index (Phi) is 5.34. The lowest BCUT2D eigenvalue weighted by Crippen LogP contribution is -2.41. The fourth-order valence-electron chi connectivity index (χ4n) is 0.615. The highest BCUT2D eigenvalue weighted by molar-refractivity contribution is 9.11. The number of halogens is 1. The van der Waals surface area contributed by atoms with Crippen LogP contribution in [0.2, 0.25) is 18.1 Å². The van der Waals surface area contributed by atoms with Crippen molar-refractivity contribution in [2.24, 2.45) is 0 Å². The molecular formula is C11H21BrOSi. The summed E-state index contributed by atoms with van der Waals surface area (Å²) in [6, 6.07) is 0. The van der Waals surface area contributed by atoms with E-state index in [1.807, 2.05) is 11.1 Å². The first kappa shape index (κ1) is 14.1. The van der Waals surface area contributed by atoms with Crippen molar-refractivity contribution in [1.82, 2.24) is 0 Å². The summed E-state index contributed by atoms with van der Waals surface area (Å²) in [5, 5.41) is 0.269. The third-order valence-corrected chi connectivity index (χ3v) is 7.87. The van der Waals surface area contributed by atoms with Crippen molar-refractivity contribution in [3.8, 4) is 0 Å². The van der Waals surface area contributed by atoms with Crippen LogP contribution in [0.25, 0.3) is 0 Å². The molecule has 0 aliphatic carbocycles. The zero-order valence-corrected chi connectivity index (χ0v) is 12.4. The summed E-state index contributed by atoms with van der Waals surface area (Å²) in [6.45, 7) is 15.6. The summed E-state index contributed by atoms with van der Waals surface area (Å²) in [6.07, 6.45) is 1.82. The first-order valence-corrected chi connectivity index (χ1v) is 8.62. The molecule has 3 heteroatoms. The molecule has 0 unspecified atom stereocenters. The fraction of sp³-hybridized carbons (Fsp3) is 0.636. The van der Waals surface area contributed by atoms with Gasteiger partial charge in [0.25, 0.3) is 0 Å². The van der Waals surface area contributed by atoms with Gasteiger partial charge >= 0.3 is 0 Å². The molecular weight excluding hydrogens is 256 g/mol. The van der Waals surface area contributed by atoms with Crippen molar-refractivity contribution in [2.75, 3.05) is 6.61 Å². The van der Waals surface area contributed by atoms with Crippen LogP contribution in [0.3, 0.4) is 0 Å². The molecule has 0 heterocycles. The Balaban J connectivity index is 4.33. The summed E-state index contributed by atoms with van der Waals surface area (Å²) >= 11 is 3.30. The van der Waals surface area contributed by atoms with E-state index in [0.29, 0.717) is 6.61 Å². The maximum Gasteiger partial charge on any atom is 0.192 e. The van der Waals surface area contributed by atoms with Gasteiger partial charge in [0.05, 0.1) is 6.61 Å². The molecule has 0 aliphatic heterocycles. The molecule has 0 aromatic carbocycles. The molecule has 0 aromatic heterocycles. The average molecular weight is 277 g/mol. The third-order valence-electron chi connectivity index (χ3n) is 2.81. The molecule has 1 nitrogen and oxygen atoms in total. The van der Waals surface area contributed by atoms with Crippen LogP contribution < -0.4 is 0 Å². The second kappa shape index (κ2) is 5.28. The molecule has 82 valence electrons. The highest BCUT2D eigenvalue weighted by atomic mass is 79.9. The van der Waals surface area contributed by atoms with Gasteiger partial charge in [-0.3, -0.25) is 0 Å². The minimum atomic E-state index is -1.61. The number of hydrogen-bond acceptors (Lipinski definition) is 1. The van der Waals surface area contributed by atoms with Crippen molar-refractivity contribution in [1.29, 1.82) is 0 Å². The van der Waals surface area contributed by atoms with E-state index in [0.717, 1.165) is 5.57 Å². The minimum Gasteiger partial charge on any atom is -0.413 e. The first-order valence-electron chi connectivity index (χ1n) is 4.80. The molecule has 0 fully saturated rings. The average Bonchev–Trinajstić information content (AvgIpc) is 2.04. The van der Waals surface area contributed by atoms with E-state index in [4.69, 9.17) is 4.43 Å². The van der Waals surface area contributed by atoms with Crippen LogP contribution in [-0.2, 0) is 4.43 Å². The van der Waals surface area contributed by atoms with Crippen molar-refractivity contribution in [3.05, 3.63) is 23.2 Å². The maximum absolute atomic E-state index is 6.01.